The Balaban J connectivity index is 1.49. The van der Waals surface area contributed by atoms with E-state index in [0.717, 1.165) is 41.1 Å². The molecule has 0 radical (unpaired) electrons. The van der Waals surface area contributed by atoms with E-state index in [1.807, 2.05) is 38.1 Å². The fourth-order valence-corrected chi connectivity index (χ4v) is 5.92. The number of benzene rings is 1. The number of fused-ring (bicyclic) bond motifs is 1. The third-order valence-electron chi connectivity index (χ3n) is 5.25. The van der Waals surface area contributed by atoms with E-state index in [2.05, 4.69) is 23.3 Å². The summed E-state index contributed by atoms with van der Waals surface area (Å²) in [7, 11) is 0. The Kier molecular flexibility index (Phi) is 5.89. The van der Waals surface area contributed by atoms with Crippen molar-refractivity contribution in [1.29, 1.82) is 5.26 Å². The van der Waals surface area contributed by atoms with Crippen molar-refractivity contribution in [2.75, 3.05) is 5.32 Å². The first-order valence-corrected chi connectivity index (χ1v) is 11.6. The lowest BCUT2D eigenvalue weighted by atomic mass is 9.89. The van der Waals surface area contributed by atoms with E-state index in [0.29, 0.717) is 33.7 Å². The average Bonchev–Trinajstić information content (AvgIpc) is 3.25. The fourth-order valence-electron chi connectivity index (χ4n) is 3.69. The van der Waals surface area contributed by atoms with E-state index in [1.54, 1.807) is 0 Å². The number of hydrogen-bond acceptors (Lipinski definition) is 6. The first kappa shape index (κ1) is 20.6. The summed E-state index contributed by atoms with van der Waals surface area (Å²) in [5.74, 6) is 1.19. The van der Waals surface area contributed by atoms with Crippen LogP contribution in [0.4, 0.5) is 5.00 Å². The summed E-state index contributed by atoms with van der Waals surface area (Å²) in [5, 5.41) is 14.0. The molecule has 2 aromatic heterocycles. The highest BCUT2D eigenvalue weighted by Gasteiger charge is 2.25. The van der Waals surface area contributed by atoms with Gasteiger partial charge >= 0.3 is 0 Å². The van der Waals surface area contributed by atoms with Gasteiger partial charge in [-0.2, -0.15) is 5.26 Å². The van der Waals surface area contributed by atoms with Crippen molar-refractivity contribution in [3.63, 3.8) is 0 Å². The van der Waals surface area contributed by atoms with Gasteiger partial charge in [0.1, 0.15) is 33.3 Å². The highest BCUT2D eigenvalue weighted by Crippen LogP contribution is 2.39. The molecule has 7 heteroatoms. The summed E-state index contributed by atoms with van der Waals surface area (Å²) >= 11 is 2.87. The van der Waals surface area contributed by atoms with Crippen molar-refractivity contribution in [1.82, 2.24) is 4.98 Å². The van der Waals surface area contributed by atoms with E-state index in [4.69, 9.17) is 4.74 Å². The van der Waals surface area contributed by atoms with Gasteiger partial charge in [-0.15, -0.1) is 22.7 Å². The summed E-state index contributed by atoms with van der Waals surface area (Å²) < 4.78 is 5.82. The van der Waals surface area contributed by atoms with Gasteiger partial charge < -0.3 is 10.1 Å². The molecule has 0 saturated carbocycles. The second-order valence-electron chi connectivity index (χ2n) is 7.75. The molecule has 1 aliphatic carbocycles. The van der Waals surface area contributed by atoms with Gasteiger partial charge in [0, 0.05) is 4.88 Å². The number of nitriles is 1. The summed E-state index contributed by atoms with van der Waals surface area (Å²) in [6, 6.07) is 10.1. The van der Waals surface area contributed by atoms with Gasteiger partial charge in [-0.25, -0.2) is 4.98 Å². The molecule has 5 nitrogen and oxygen atoms in total. The molecule has 4 rings (SSSR count). The standard InChI is InChI=1S/C23H23N3O2S2/c1-13-5-4-6-16(9-13)28-12-20-25-15(3)21(30-20)22(27)26-23-18(11-24)17-8-7-14(2)10-19(17)29-23/h4-6,9,14H,7-8,10,12H2,1-3H3,(H,26,27). The molecule has 3 aromatic rings. The maximum atomic E-state index is 12.9. The fraction of sp³-hybridized carbons (Fsp3) is 0.348. The molecular weight excluding hydrogens is 414 g/mol. The topological polar surface area (TPSA) is 75.0 Å². The Labute approximate surface area is 184 Å². The van der Waals surface area contributed by atoms with Gasteiger partial charge in [0.05, 0.1) is 11.3 Å². The number of thiazole rings is 1. The number of aryl methyl sites for hydroxylation is 2. The number of anilines is 1. The van der Waals surface area contributed by atoms with E-state index in [9.17, 15) is 10.1 Å². The molecule has 30 heavy (non-hydrogen) atoms. The largest absolute Gasteiger partial charge is 0.486 e. The molecular formula is C23H23N3O2S2. The normalized spacial score (nSPS) is 15.3. The van der Waals surface area contributed by atoms with Crippen molar-refractivity contribution < 1.29 is 9.53 Å². The minimum Gasteiger partial charge on any atom is -0.486 e. The van der Waals surface area contributed by atoms with Gasteiger partial charge in [0.2, 0.25) is 0 Å². The smallest absolute Gasteiger partial charge is 0.268 e. The highest BCUT2D eigenvalue weighted by molar-refractivity contribution is 7.17. The Hall–Kier alpha value is -2.69. The lowest BCUT2D eigenvalue weighted by Crippen LogP contribution is -2.12. The number of hydrogen-bond donors (Lipinski definition) is 1. The molecule has 1 amide bonds. The Morgan fingerprint density at radius 1 is 1.37 bits per heavy atom. The van der Waals surface area contributed by atoms with Crippen LogP contribution in [0.5, 0.6) is 5.75 Å². The van der Waals surface area contributed by atoms with Crippen LogP contribution in [0.15, 0.2) is 24.3 Å². The maximum Gasteiger partial charge on any atom is 0.268 e. The van der Waals surface area contributed by atoms with Gasteiger partial charge in [-0.1, -0.05) is 19.1 Å². The molecule has 0 spiro atoms. The molecule has 0 aliphatic heterocycles. The third kappa shape index (κ3) is 4.25. The maximum absolute atomic E-state index is 12.9. The first-order valence-electron chi connectivity index (χ1n) is 9.96. The van der Waals surface area contributed by atoms with Crippen LogP contribution >= 0.6 is 22.7 Å². The average molecular weight is 438 g/mol. The quantitative estimate of drug-likeness (QED) is 0.560. The van der Waals surface area contributed by atoms with Crippen LogP contribution in [-0.2, 0) is 19.4 Å². The van der Waals surface area contributed by atoms with Crippen molar-refractivity contribution in [3.8, 4) is 11.8 Å². The molecule has 2 heterocycles. The van der Waals surface area contributed by atoms with E-state index < -0.39 is 0 Å². The van der Waals surface area contributed by atoms with Crippen LogP contribution in [0, 0.1) is 31.1 Å². The number of nitrogens with zero attached hydrogens (tertiary/aromatic N) is 2. The number of aromatic nitrogens is 1. The minimum atomic E-state index is -0.213. The molecule has 1 aromatic carbocycles. The molecule has 1 atom stereocenters. The summed E-state index contributed by atoms with van der Waals surface area (Å²) in [6.45, 7) is 6.39. The third-order valence-corrected chi connectivity index (χ3v) is 7.55. The molecule has 0 saturated heterocycles. The van der Waals surface area contributed by atoms with E-state index in [-0.39, 0.29) is 5.91 Å². The monoisotopic (exact) mass is 437 g/mol. The number of amides is 1. The molecule has 0 bridgehead atoms. The van der Waals surface area contributed by atoms with Crippen molar-refractivity contribution >= 4 is 33.6 Å². The van der Waals surface area contributed by atoms with Gasteiger partial charge in [0.15, 0.2) is 0 Å². The van der Waals surface area contributed by atoms with Crippen LogP contribution in [-0.4, -0.2) is 10.9 Å². The SMILES string of the molecule is Cc1cccc(OCc2nc(C)c(C(=O)Nc3sc4c(c3C#N)CCC(C)C4)s2)c1. The zero-order valence-corrected chi connectivity index (χ0v) is 18.9. The van der Waals surface area contributed by atoms with E-state index >= 15 is 0 Å². The molecule has 1 N–H and O–H groups in total. The predicted octanol–water partition coefficient (Wildman–Crippen LogP) is 5.65. The Bertz CT molecular complexity index is 1140. The van der Waals surface area contributed by atoms with Crippen LogP contribution in [0.1, 0.15) is 55.3 Å². The predicted molar refractivity (Wildman–Crippen MR) is 121 cm³/mol. The van der Waals surface area contributed by atoms with Crippen LogP contribution in [0.2, 0.25) is 0 Å². The molecule has 1 aliphatic rings. The number of nitrogens with one attached hydrogen (secondary N) is 1. The van der Waals surface area contributed by atoms with Crippen molar-refractivity contribution in [2.24, 2.45) is 5.92 Å². The Morgan fingerprint density at radius 2 is 2.20 bits per heavy atom. The molecule has 154 valence electrons. The first-order chi connectivity index (χ1) is 14.4. The van der Waals surface area contributed by atoms with E-state index in [1.165, 1.54) is 27.6 Å². The number of carbonyl (C=O) groups excluding carboxylic acids is 1. The summed E-state index contributed by atoms with van der Waals surface area (Å²) in [4.78, 5) is 19.2. The highest BCUT2D eigenvalue weighted by atomic mass is 32.1. The summed E-state index contributed by atoms with van der Waals surface area (Å²) in [6.07, 6.45) is 2.97. The Morgan fingerprint density at radius 3 is 2.97 bits per heavy atom. The van der Waals surface area contributed by atoms with Crippen molar-refractivity contribution in [2.45, 2.75) is 46.6 Å². The summed E-state index contributed by atoms with van der Waals surface area (Å²) in [5.41, 5.74) is 3.54. The number of carbonyl (C=O) groups is 1. The molecule has 0 fully saturated rings. The zero-order valence-electron chi connectivity index (χ0n) is 17.2. The second kappa shape index (κ2) is 8.58. The molecule has 1 unspecified atom stereocenters. The lowest BCUT2D eigenvalue weighted by molar-refractivity contribution is 0.103. The minimum absolute atomic E-state index is 0.213. The van der Waals surface area contributed by atoms with Gasteiger partial charge in [-0.3, -0.25) is 4.79 Å². The van der Waals surface area contributed by atoms with Crippen LogP contribution < -0.4 is 10.1 Å². The van der Waals surface area contributed by atoms with Crippen molar-refractivity contribution in [3.05, 3.63) is 61.4 Å². The van der Waals surface area contributed by atoms with Gasteiger partial charge in [0.25, 0.3) is 5.91 Å². The van der Waals surface area contributed by atoms with Crippen LogP contribution in [0.3, 0.4) is 0 Å². The second-order valence-corrected chi connectivity index (χ2v) is 9.94. The lowest BCUT2D eigenvalue weighted by Gasteiger charge is -2.17. The van der Waals surface area contributed by atoms with Crippen LogP contribution in [0.25, 0.3) is 0 Å². The number of thiophene rings is 1. The van der Waals surface area contributed by atoms with Gasteiger partial charge in [-0.05, 0) is 62.3 Å². The zero-order chi connectivity index (χ0) is 21.3. The number of rotatable bonds is 5. The number of ether oxygens (including phenoxy) is 1.